The number of nitrogens with two attached hydrogens (primary N) is 1. The minimum Gasteiger partial charge on any atom is -0.338 e. The first-order valence-electron chi connectivity index (χ1n) is 6.38. The average Bonchev–Trinajstić information content (AvgIpc) is 3.00. The summed E-state index contributed by atoms with van der Waals surface area (Å²) in [5.74, 6) is 1.08. The fraction of sp³-hybridized carbons (Fsp3) is 0.286. The van der Waals surface area contributed by atoms with Crippen molar-refractivity contribution in [3.05, 3.63) is 48.3 Å². The van der Waals surface area contributed by atoms with E-state index in [-0.39, 0.29) is 0 Å². The molecule has 5 nitrogen and oxygen atoms in total. The molecule has 0 saturated heterocycles. The summed E-state index contributed by atoms with van der Waals surface area (Å²) in [5, 5.41) is 1.14. The van der Waals surface area contributed by atoms with Gasteiger partial charge in [0, 0.05) is 56.7 Å². The van der Waals surface area contributed by atoms with E-state index in [1.807, 2.05) is 36.3 Å². The Kier molecular flexibility index (Phi) is 3.05. The standard InChI is InChI=1S/C14H17N5/c1-18-8-6-16-13(18)4-7-19-10-11(9-15)12-3-2-5-17-14(12)19/h2-3,5-6,8,10H,4,7,9,15H2,1H3. The summed E-state index contributed by atoms with van der Waals surface area (Å²) in [4.78, 5) is 8.79. The number of nitrogens with zero attached hydrogens (tertiary/aromatic N) is 4. The molecule has 0 aliphatic heterocycles. The van der Waals surface area contributed by atoms with Crippen LogP contribution in [0, 0.1) is 0 Å². The third kappa shape index (κ3) is 2.13. The molecule has 5 heteroatoms. The summed E-state index contributed by atoms with van der Waals surface area (Å²) in [5.41, 5.74) is 7.93. The fourth-order valence-corrected chi connectivity index (χ4v) is 2.39. The van der Waals surface area contributed by atoms with Crippen molar-refractivity contribution in [2.45, 2.75) is 19.5 Å². The van der Waals surface area contributed by atoms with Crippen molar-refractivity contribution in [1.29, 1.82) is 0 Å². The first-order valence-corrected chi connectivity index (χ1v) is 6.38. The van der Waals surface area contributed by atoms with Crippen molar-refractivity contribution < 1.29 is 0 Å². The number of hydrogen-bond acceptors (Lipinski definition) is 3. The second-order valence-electron chi connectivity index (χ2n) is 4.63. The van der Waals surface area contributed by atoms with Gasteiger partial charge in [0.15, 0.2) is 0 Å². The van der Waals surface area contributed by atoms with Gasteiger partial charge in [-0.2, -0.15) is 0 Å². The van der Waals surface area contributed by atoms with E-state index in [0.717, 1.165) is 35.4 Å². The SMILES string of the molecule is Cn1ccnc1CCn1cc(CN)c2cccnc21. The molecule has 3 heterocycles. The molecule has 0 aliphatic rings. The summed E-state index contributed by atoms with van der Waals surface area (Å²) in [6, 6.07) is 4.02. The molecule has 0 amide bonds. The predicted molar refractivity (Wildman–Crippen MR) is 74.5 cm³/mol. The number of rotatable bonds is 4. The van der Waals surface area contributed by atoms with E-state index in [1.165, 1.54) is 0 Å². The lowest BCUT2D eigenvalue weighted by Gasteiger charge is -2.04. The summed E-state index contributed by atoms with van der Waals surface area (Å²) >= 11 is 0. The Morgan fingerprint density at radius 3 is 2.89 bits per heavy atom. The smallest absolute Gasteiger partial charge is 0.140 e. The van der Waals surface area contributed by atoms with Crippen molar-refractivity contribution in [3.8, 4) is 0 Å². The van der Waals surface area contributed by atoms with Crippen molar-refractivity contribution in [1.82, 2.24) is 19.1 Å². The van der Waals surface area contributed by atoms with Crippen LogP contribution < -0.4 is 5.73 Å². The Morgan fingerprint density at radius 2 is 2.16 bits per heavy atom. The quantitative estimate of drug-likeness (QED) is 0.768. The lowest BCUT2D eigenvalue weighted by atomic mass is 10.2. The minimum absolute atomic E-state index is 0.539. The molecule has 3 aromatic heterocycles. The van der Waals surface area contributed by atoms with Crippen LogP contribution in [0.2, 0.25) is 0 Å². The predicted octanol–water partition coefficient (Wildman–Crippen LogP) is 1.47. The van der Waals surface area contributed by atoms with E-state index in [9.17, 15) is 0 Å². The Morgan fingerprint density at radius 1 is 1.26 bits per heavy atom. The molecule has 0 bridgehead atoms. The van der Waals surface area contributed by atoms with Crippen LogP contribution in [0.25, 0.3) is 11.0 Å². The molecule has 0 unspecified atom stereocenters. The third-order valence-electron chi connectivity index (χ3n) is 3.43. The zero-order valence-corrected chi connectivity index (χ0v) is 11.0. The molecule has 0 spiro atoms. The van der Waals surface area contributed by atoms with Gasteiger partial charge in [0.05, 0.1) is 0 Å². The maximum Gasteiger partial charge on any atom is 0.140 e. The summed E-state index contributed by atoms with van der Waals surface area (Å²) < 4.78 is 4.20. The highest BCUT2D eigenvalue weighted by Crippen LogP contribution is 2.19. The van der Waals surface area contributed by atoms with Gasteiger partial charge in [-0.05, 0) is 17.7 Å². The lowest BCUT2D eigenvalue weighted by molar-refractivity contribution is 0.662. The number of aryl methyl sites for hydroxylation is 3. The highest BCUT2D eigenvalue weighted by Gasteiger charge is 2.08. The van der Waals surface area contributed by atoms with Gasteiger partial charge < -0.3 is 14.9 Å². The molecule has 19 heavy (non-hydrogen) atoms. The maximum atomic E-state index is 5.79. The molecule has 0 saturated carbocycles. The van der Waals surface area contributed by atoms with Gasteiger partial charge in [-0.3, -0.25) is 0 Å². The van der Waals surface area contributed by atoms with Crippen molar-refractivity contribution >= 4 is 11.0 Å². The normalized spacial score (nSPS) is 11.3. The Labute approximate surface area is 111 Å². The molecular formula is C14H17N5. The Hall–Kier alpha value is -2.14. The monoisotopic (exact) mass is 255 g/mol. The highest BCUT2D eigenvalue weighted by atomic mass is 15.1. The molecular weight excluding hydrogens is 238 g/mol. The zero-order valence-electron chi connectivity index (χ0n) is 11.0. The minimum atomic E-state index is 0.539. The van der Waals surface area contributed by atoms with Gasteiger partial charge >= 0.3 is 0 Å². The summed E-state index contributed by atoms with van der Waals surface area (Å²) in [6.45, 7) is 1.40. The third-order valence-corrected chi connectivity index (χ3v) is 3.43. The molecule has 0 fully saturated rings. The first-order chi connectivity index (χ1) is 9.29. The largest absolute Gasteiger partial charge is 0.338 e. The van der Waals surface area contributed by atoms with Gasteiger partial charge in [-0.15, -0.1) is 0 Å². The number of pyridine rings is 1. The van der Waals surface area contributed by atoms with E-state index in [1.54, 1.807) is 0 Å². The van der Waals surface area contributed by atoms with Crippen molar-refractivity contribution in [2.24, 2.45) is 12.8 Å². The summed E-state index contributed by atoms with van der Waals surface area (Å²) in [6.07, 6.45) is 8.59. The van der Waals surface area contributed by atoms with Gasteiger partial charge in [0.25, 0.3) is 0 Å². The van der Waals surface area contributed by atoms with Crippen molar-refractivity contribution in [3.63, 3.8) is 0 Å². The number of fused-ring (bicyclic) bond motifs is 1. The maximum absolute atomic E-state index is 5.79. The number of hydrogen-bond donors (Lipinski definition) is 1. The van der Waals surface area contributed by atoms with E-state index >= 15 is 0 Å². The topological polar surface area (TPSA) is 61.7 Å². The molecule has 98 valence electrons. The van der Waals surface area contributed by atoms with Crippen molar-refractivity contribution in [2.75, 3.05) is 0 Å². The van der Waals surface area contributed by atoms with Crippen LogP contribution in [0.1, 0.15) is 11.4 Å². The Bertz CT molecular complexity index is 695. The molecule has 0 atom stereocenters. The van der Waals surface area contributed by atoms with E-state index in [2.05, 4.69) is 26.8 Å². The van der Waals surface area contributed by atoms with Gasteiger partial charge in [-0.1, -0.05) is 0 Å². The van der Waals surface area contributed by atoms with Crippen LogP contribution in [0.15, 0.2) is 36.9 Å². The second-order valence-corrected chi connectivity index (χ2v) is 4.63. The first kappa shape index (κ1) is 11.9. The second kappa shape index (κ2) is 4.85. The molecule has 0 radical (unpaired) electrons. The van der Waals surface area contributed by atoms with Gasteiger partial charge in [-0.25, -0.2) is 9.97 Å². The number of aromatic nitrogens is 4. The van der Waals surface area contributed by atoms with Crippen LogP contribution in [0.4, 0.5) is 0 Å². The van der Waals surface area contributed by atoms with Crippen LogP contribution in [0.3, 0.4) is 0 Å². The zero-order chi connectivity index (χ0) is 13.2. The fourth-order valence-electron chi connectivity index (χ4n) is 2.39. The molecule has 0 aromatic carbocycles. The van der Waals surface area contributed by atoms with Gasteiger partial charge in [0.2, 0.25) is 0 Å². The molecule has 2 N–H and O–H groups in total. The Balaban J connectivity index is 1.91. The van der Waals surface area contributed by atoms with Crippen LogP contribution in [0.5, 0.6) is 0 Å². The molecule has 0 aliphatic carbocycles. The van der Waals surface area contributed by atoms with E-state index in [0.29, 0.717) is 6.54 Å². The number of imidazole rings is 1. The van der Waals surface area contributed by atoms with Crippen LogP contribution >= 0.6 is 0 Å². The van der Waals surface area contributed by atoms with Crippen LogP contribution in [-0.4, -0.2) is 19.1 Å². The van der Waals surface area contributed by atoms with E-state index in [4.69, 9.17) is 5.73 Å². The van der Waals surface area contributed by atoms with Gasteiger partial charge in [0.1, 0.15) is 11.5 Å². The summed E-state index contributed by atoms with van der Waals surface area (Å²) in [7, 11) is 2.01. The average molecular weight is 255 g/mol. The molecule has 3 rings (SSSR count). The molecule has 3 aromatic rings. The lowest BCUT2D eigenvalue weighted by Crippen LogP contribution is -2.05. The highest BCUT2D eigenvalue weighted by molar-refractivity contribution is 5.80. The van der Waals surface area contributed by atoms with E-state index < -0.39 is 0 Å². The van der Waals surface area contributed by atoms with Crippen LogP contribution in [-0.2, 0) is 26.6 Å².